The van der Waals surface area contributed by atoms with Crippen LogP contribution in [0.5, 0.6) is 0 Å². The zero-order valence-corrected chi connectivity index (χ0v) is 14.0. The maximum atomic E-state index is 12.6. The monoisotopic (exact) mass is 310 g/mol. The molecule has 0 bridgehead atoms. The lowest BCUT2D eigenvalue weighted by molar-refractivity contribution is 0.315. The zero-order chi connectivity index (χ0) is 15.7. The van der Waals surface area contributed by atoms with Crippen LogP contribution in [-0.2, 0) is 22.9 Å². The summed E-state index contributed by atoms with van der Waals surface area (Å²) in [6.45, 7) is 6.08. The molecule has 0 saturated carbocycles. The highest BCUT2D eigenvalue weighted by atomic mass is 32.2. The van der Waals surface area contributed by atoms with Gasteiger partial charge in [0, 0.05) is 12.1 Å². The molecule has 0 amide bonds. The van der Waals surface area contributed by atoms with Gasteiger partial charge in [-0.15, -0.1) is 0 Å². The summed E-state index contributed by atoms with van der Waals surface area (Å²) in [5.41, 5.74) is 7.60. The molecule has 118 valence electrons. The van der Waals surface area contributed by atoms with Gasteiger partial charge in [0.25, 0.3) is 0 Å². The van der Waals surface area contributed by atoms with Gasteiger partial charge >= 0.3 is 0 Å². The number of aryl methyl sites for hydroxylation is 2. The second-order valence-electron chi connectivity index (χ2n) is 6.52. The minimum Gasteiger partial charge on any atom is -0.329 e. The van der Waals surface area contributed by atoms with Crippen molar-refractivity contribution in [2.45, 2.75) is 56.9 Å². The van der Waals surface area contributed by atoms with Crippen LogP contribution in [0.25, 0.3) is 0 Å². The molecule has 0 aromatic heterocycles. The van der Waals surface area contributed by atoms with E-state index < -0.39 is 15.6 Å². The van der Waals surface area contributed by atoms with Crippen LogP contribution in [0.3, 0.4) is 0 Å². The van der Waals surface area contributed by atoms with Gasteiger partial charge in [0.05, 0.1) is 4.90 Å². The SMILES string of the molecule is CC(C)C(C)(CN)NS(=O)(=O)c1ccc2c(c1)CCCC2. The Hall–Kier alpha value is -0.910. The van der Waals surface area contributed by atoms with Gasteiger partial charge in [-0.2, -0.15) is 0 Å². The van der Waals surface area contributed by atoms with Crippen molar-refractivity contribution in [3.05, 3.63) is 29.3 Å². The summed E-state index contributed by atoms with van der Waals surface area (Å²) < 4.78 is 28.0. The molecule has 0 aliphatic heterocycles. The predicted molar refractivity (Wildman–Crippen MR) is 85.7 cm³/mol. The van der Waals surface area contributed by atoms with E-state index in [0.717, 1.165) is 19.3 Å². The summed E-state index contributed by atoms with van der Waals surface area (Å²) >= 11 is 0. The third-order valence-electron chi connectivity index (χ3n) is 4.70. The molecule has 3 N–H and O–H groups in total. The molecule has 0 spiro atoms. The Morgan fingerprint density at radius 1 is 1.24 bits per heavy atom. The van der Waals surface area contributed by atoms with Crippen molar-refractivity contribution in [3.8, 4) is 0 Å². The summed E-state index contributed by atoms with van der Waals surface area (Å²) in [7, 11) is -3.54. The van der Waals surface area contributed by atoms with Crippen molar-refractivity contribution in [1.29, 1.82) is 0 Å². The maximum Gasteiger partial charge on any atom is 0.241 e. The fourth-order valence-corrected chi connectivity index (χ4v) is 4.23. The third-order valence-corrected chi connectivity index (χ3v) is 6.31. The number of benzene rings is 1. The summed E-state index contributed by atoms with van der Waals surface area (Å²) in [6.07, 6.45) is 4.35. The standard InChI is InChI=1S/C16H26N2O2S/c1-12(2)16(3,11-17)18-21(19,20)15-9-8-13-6-4-5-7-14(13)10-15/h8-10,12,18H,4-7,11,17H2,1-3H3. The van der Waals surface area contributed by atoms with E-state index >= 15 is 0 Å². The molecule has 21 heavy (non-hydrogen) atoms. The molecule has 1 aromatic carbocycles. The van der Waals surface area contributed by atoms with E-state index in [1.165, 1.54) is 17.5 Å². The molecule has 2 rings (SSSR count). The largest absolute Gasteiger partial charge is 0.329 e. The van der Waals surface area contributed by atoms with Gasteiger partial charge in [0.1, 0.15) is 0 Å². The minimum absolute atomic E-state index is 0.120. The lowest BCUT2D eigenvalue weighted by Gasteiger charge is -2.33. The van der Waals surface area contributed by atoms with Crippen LogP contribution in [-0.4, -0.2) is 20.5 Å². The Kier molecular flexibility index (Phi) is 4.76. The van der Waals surface area contributed by atoms with E-state index in [1.807, 2.05) is 32.9 Å². The average molecular weight is 310 g/mol. The maximum absolute atomic E-state index is 12.6. The molecule has 1 aliphatic rings. The number of hydrogen-bond acceptors (Lipinski definition) is 3. The van der Waals surface area contributed by atoms with Crippen molar-refractivity contribution >= 4 is 10.0 Å². The van der Waals surface area contributed by atoms with Gasteiger partial charge in [-0.3, -0.25) is 0 Å². The number of sulfonamides is 1. The lowest BCUT2D eigenvalue weighted by Crippen LogP contribution is -2.54. The van der Waals surface area contributed by atoms with E-state index in [1.54, 1.807) is 6.07 Å². The van der Waals surface area contributed by atoms with Crippen molar-refractivity contribution in [2.75, 3.05) is 6.54 Å². The summed E-state index contributed by atoms with van der Waals surface area (Å²) in [5.74, 6) is 0.120. The second-order valence-corrected chi connectivity index (χ2v) is 8.20. The molecule has 4 nitrogen and oxygen atoms in total. The first-order chi connectivity index (χ1) is 9.78. The van der Waals surface area contributed by atoms with Gasteiger partial charge in [-0.1, -0.05) is 19.9 Å². The number of rotatable bonds is 5. The molecular formula is C16H26N2O2S. The molecule has 0 saturated heterocycles. The molecule has 0 radical (unpaired) electrons. The lowest BCUT2D eigenvalue weighted by atomic mass is 9.90. The first kappa shape index (κ1) is 16.5. The van der Waals surface area contributed by atoms with E-state index in [-0.39, 0.29) is 12.5 Å². The Morgan fingerprint density at radius 3 is 2.43 bits per heavy atom. The van der Waals surface area contributed by atoms with E-state index in [0.29, 0.717) is 4.90 Å². The highest BCUT2D eigenvalue weighted by molar-refractivity contribution is 7.89. The number of fused-ring (bicyclic) bond motifs is 1. The predicted octanol–water partition coefficient (Wildman–Crippen LogP) is 2.22. The number of hydrogen-bond donors (Lipinski definition) is 2. The summed E-state index contributed by atoms with van der Waals surface area (Å²) in [6, 6.07) is 5.50. The van der Waals surface area contributed by atoms with Crippen LogP contribution >= 0.6 is 0 Å². The Morgan fingerprint density at radius 2 is 1.86 bits per heavy atom. The Balaban J connectivity index is 2.31. The van der Waals surface area contributed by atoms with Crippen LogP contribution in [0.1, 0.15) is 44.7 Å². The zero-order valence-electron chi connectivity index (χ0n) is 13.1. The minimum atomic E-state index is -3.54. The fraction of sp³-hybridized carbons (Fsp3) is 0.625. The van der Waals surface area contributed by atoms with Crippen molar-refractivity contribution in [2.24, 2.45) is 11.7 Å². The molecule has 1 aliphatic carbocycles. The normalized spacial score (nSPS) is 18.3. The van der Waals surface area contributed by atoms with Crippen LogP contribution in [0.2, 0.25) is 0 Å². The van der Waals surface area contributed by atoms with Crippen molar-refractivity contribution in [1.82, 2.24) is 4.72 Å². The topological polar surface area (TPSA) is 72.2 Å². The molecular weight excluding hydrogens is 284 g/mol. The quantitative estimate of drug-likeness (QED) is 0.876. The number of nitrogens with two attached hydrogens (primary N) is 1. The van der Waals surface area contributed by atoms with Gasteiger partial charge < -0.3 is 5.73 Å². The molecule has 1 aromatic rings. The molecule has 1 unspecified atom stereocenters. The van der Waals surface area contributed by atoms with Gasteiger partial charge in [-0.05, 0) is 61.8 Å². The Labute approximate surface area is 128 Å². The fourth-order valence-electron chi connectivity index (χ4n) is 2.64. The second kappa shape index (κ2) is 6.07. The highest BCUT2D eigenvalue weighted by Crippen LogP contribution is 2.25. The van der Waals surface area contributed by atoms with Crippen LogP contribution in [0.4, 0.5) is 0 Å². The van der Waals surface area contributed by atoms with E-state index in [9.17, 15) is 8.42 Å². The van der Waals surface area contributed by atoms with Crippen molar-refractivity contribution < 1.29 is 8.42 Å². The summed E-state index contributed by atoms with van der Waals surface area (Å²) in [4.78, 5) is 0.350. The van der Waals surface area contributed by atoms with Crippen LogP contribution < -0.4 is 10.5 Å². The molecule has 1 atom stereocenters. The number of nitrogens with one attached hydrogen (secondary N) is 1. The third kappa shape index (κ3) is 3.47. The van der Waals surface area contributed by atoms with Crippen LogP contribution in [0, 0.1) is 5.92 Å². The molecule has 5 heteroatoms. The smallest absolute Gasteiger partial charge is 0.241 e. The first-order valence-corrected chi connectivity index (χ1v) is 9.13. The van der Waals surface area contributed by atoms with Gasteiger partial charge in [0.2, 0.25) is 10.0 Å². The van der Waals surface area contributed by atoms with Crippen LogP contribution in [0.15, 0.2) is 23.1 Å². The summed E-state index contributed by atoms with van der Waals surface area (Å²) in [5, 5.41) is 0. The van der Waals surface area contributed by atoms with Gasteiger partial charge in [-0.25, -0.2) is 13.1 Å². The molecule has 0 fully saturated rings. The first-order valence-electron chi connectivity index (χ1n) is 7.64. The highest BCUT2D eigenvalue weighted by Gasteiger charge is 2.32. The van der Waals surface area contributed by atoms with E-state index in [4.69, 9.17) is 5.73 Å². The van der Waals surface area contributed by atoms with Gasteiger partial charge in [0.15, 0.2) is 0 Å². The Bertz CT molecular complexity index is 611. The van der Waals surface area contributed by atoms with Crippen molar-refractivity contribution in [3.63, 3.8) is 0 Å². The van der Waals surface area contributed by atoms with E-state index in [2.05, 4.69) is 4.72 Å². The average Bonchev–Trinajstić information content (AvgIpc) is 2.46. The molecule has 0 heterocycles.